The molecule has 43 heavy (non-hydrogen) atoms. The molecule has 0 saturated heterocycles. The van der Waals surface area contributed by atoms with Crippen LogP contribution in [0.1, 0.15) is 48.6 Å². The number of nitrogens with zero attached hydrogens (tertiary/aromatic N) is 2. The highest BCUT2D eigenvalue weighted by atomic mass is 19.4. The molecule has 0 saturated carbocycles. The number of hydrogen-bond donors (Lipinski definition) is 0. The quantitative estimate of drug-likeness (QED) is 0.148. The molecule has 0 aromatic heterocycles. The number of halogens is 6. The van der Waals surface area contributed by atoms with Crippen LogP contribution in [0.5, 0.6) is 11.5 Å². The van der Waals surface area contributed by atoms with Crippen molar-refractivity contribution in [2.24, 2.45) is 0 Å². The second-order valence-electron chi connectivity index (χ2n) is 9.30. The van der Waals surface area contributed by atoms with Gasteiger partial charge in [0.25, 0.3) is 0 Å². The number of carbonyl (C=O) groups is 3. The molecule has 0 N–H and O–H groups in total. The summed E-state index contributed by atoms with van der Waals surface area (Å²) in [7, 11) is 3.28. The lowest BCUT2D eigenvalue weighted by Crippen LogP contribution is -2.47. The van der Waals surface area contributed by atoms with Gasteiger partial charge in [-0.3, -0.25) is 9.80 Å². The van der Waals surface area contributed by atoms with Gasteiger partial charge < -0.3 is 23.7 Å². The van der Waals surface area contributed by atoms with Gasteiger partial charge in [-0.25, -0.2) is 14.4 Å². The van der Waals surface area contributed by atoms with Crippen LogP contribution in [0.3, 0.4) is 0 Å². The second kappa shape index (κ2) is 12.9. The Hall–Kier alpha value is -4.37. The molecule has 0 spiro atoms. The van der Waals surface area contributed by atoms with Gasteiger partial charge in [0.1, 0.15) is 0 Å². The average Bonchev–Trinajstić information content (AvgIpc) is 2.93. The third kappa shape index (κ3) is 7.35. The van der Waals surface area contributed by atoms with Crippen molar-refractivity contribution in [3.8, 4) is 11.5 Å². The highest BCUT2D eigenvalue weighted by Gasteiger charge is 2.42. The number of methoxy groups -OCH3 is 3. The molecule has 0 aliphatic carbocycles. The number of anilines is 1. The zero-order valence-corrected chi connectivity index (χ0v) is 23.6. The molecular formula is C27H28F6N2O8. The fourth-order valence-electron chi connectivity index (χ4n) is 4.70. The Morgan fingerprint density at radius 3 is 2.00 bits per heavy atom. The molecule has 0 fully saturated rings. The molecule has 0 unspecified atom stereocenters. The Morgan fingerprint density at radius 2 is 1.51 bits per heavy atom. The van der Waals surface area contributed by atoms with Gasteiger partial charge in [0.15, 0.2) is 11.5 Å². The number of rotatable bonds is 6. The van der Waals surface area contributed by atoms with Crippen molar-refractivity contribution in [1.29, 1.82) is 0 Å². The van der Waals surface area contributed by atoms with E-state index in [9.17, 15) is 40.7 Å². The summed E-state index contributed by atoms with van der Waals surface area (Å²) in [4.78, 5) is 40.1. The van der Waals surface area contributed by atoms with Crippen LogP contribution >= 0.6 is 0 Å². The summed E-state index contributed by atoms with van der Waals surface area (Å²) < 4.78 is 106. The number of hydrogen-bond acceptors (Lipinski definition) is 8. The molecule has 1 aliphatic heterocycles. The average molecular weight is 623 g/mol. The van der Waals surface area contributed by atoms with E-state index in [1.165, 1.54) is 24.1 Å². The number of ether oxygens (including phenoxy) is 5. The van der Waals surface area contributed by atoms with Crippen molar-refractivity contribution >= 4 is 24.0 Å². The molecule has 0 bridgehead atoms. The SMILES string of the molecule is CCOC(=O)N1c2cc(OC)c(OC(=O)OC)cc2[C@H](N(Cc2cc(C(F)(F)F)cc(C(F)(F)F)c2)C(=O)OC)C[C@@H]1C. The normalized spacial score (nSPS) is 16.6. The van der Waals surface area contributed by atoms with Crippen molar-refractivity contribution in [3.05, 3.63) is 52.6 Å². The van der Waals surface area contributed by atoms with Gasteiger partial charge in [-0.2, -0.15) is 26.3 Å². The van der Waals surface area contributed by atoms with Crippen molar-refractivity contribution in [1.82, 2.24) is 4.90 Å². The predicted molar refractivity (Wildman–Crippen MR) is 137 cm³/mol. The lowest BCUT2D eigenvalue weighted by atomic mass is 9.90. The van der Waals surface area contributed by atoms with E-state index in [1.54, 1.807) is 13.8 Å². The Morgan fingerprint density at radius 1 is 0.907 bits per heavy atom. The van der Waals surface area contributed by atoms with Gasteiger partial charge in [0.05, 0.1) is 50.8 Å². The van der Waals surface area contributed by atoms with E-state index in [4.69, 9.17) is 18.9 Å². The van der Waals surface area contributed by atoms with Crippen LogP contribution in [-0.4, -0.2) is 57.2 Å². The Kier molecular flexibility index (Phi) is 9.92. The molecular weight excluding hydrogens is 594 g/mol. The van der Waals surface area contributed by atoms with E-state index in [0.29, 0.717) is 12.1 Å². The number of fused-ring (bicyclic) bond motifs is 1. The van der Waals surface area contributed by atoms with Crippen molar-refractivity contribution < 1.29 is 64.4 Å². The van der Waals surface area contributed by atoms with Crippen LogP contribution in [0.15, 0.2) is 30.3 Å². The van der Waals surface area contributed by atoms with Crippen molar-refractivity contribution in [3.63, 3.8) is 0 Å². The highest BCUT2D eigenvalue weighted by Crippen LogP contribution is 2.47. The van der Waals surface area contributed by atoms with Gasteiger partial charge in [-0.05, 0) is 50.1 Å². The molecule has 2 aromatic rings. The number of amides is 2. The minimum absolute atomic E-state index is 0.00680. The lowest BCUT2D eigenvalue weighted by Gasteiger charge is -2.42. The van der Waals surface area contributed by atoms with Gasteiger partial charge in [-0.15, -0.1) is 0 Å². The van der Waals surface area contributed by atoms with E-state index in [-0.39, 0.29) is 41.8 Å². The Labute approximate surface area is 242 Å². The monoisotopic (exact) mass is 622 g/mol. The first-order chi connectivity index (χ1) is 20.0. The molecule has 2 aromatic carbocycles. The van der Waals surface area contributed by atoms with E-state index < -0.39 is 66.0 Å². The van der Waals surface area contributed by atoms with E-state index >= 15 is 0 Å². The molecule has 1 aliphatic rings. The molecule has 10 nitrogen and oxygen atoms in total. The van der Waals surface area contributed by atoms with Crippen molar-refractivity contribution in [2.45, 2.75) is 51.2 Å². The fourth-order valence-corrected chi connectivity index (χ4v) is 4.70. The maximum atomic E-state index is 13.5. The zero-order valence-electron chi connectivity index (χ0n) is 23.6. The van der Waals surface area contributed by atoms with E-state index in [2.05, 4.69) is 4.74 Å². The van der Waals surface area contributed by atoms with Crippen LogP contribution in [0.2, 0.25) is 0 Å². The second-order valence-corrected chi connectivity index (χ2v) is 9.30. The number of benzene rings is 2. The summed E-state index contributed by atoms with van der Waals surface area (Å²) in [6.45, 7) is 2.43. The van der Waals surface area contributed by atoms with Crippen LogP contribution in [0.4, 0.5) is 46.4 Å². The largest absolute Gasteiger partial charge is 0.513 e. The molecule has 16 heteroatoms. The van der Waals surface area contributed by atoms with E-state index in [1.807, 2.05) is 0 Å². The zero-order chi connectivity index (χ0) is 32.3. The van der Waals surface area contributed by atoms with Gasteiger partial charge in [0, 0.05) is 24.2 Å². The number of alkyl halides is 6. The predicted octanol–water partition coefficient (Wildman–Crippen LogP) is 6.94. The van der Waals surface area contributed by atoms with Gasteiger partial charge in [0.2, 0.25) is 0 Å². The van der Waals surface area contributed by atoms with Crippen LogP contribution in [-0.2, 0) is 33.1 Å². The van der Waals surface area contributed by atoms with Crippen LogP contribution in [0, 0.1) is 0 Å². The maximum absolute atomic E-state index is 13.5. The van der Waals surface area contributed by atoms with E-state index in [0.717, 1.165) is 19.1 Å². The standard InChI is InChI=1S/C27H28F6N2O8/c1-6-42-24(37)35-14(2)7-19(18-11-22(43-25(38)41-5)21(39-3)12-20(18)35)34(23(36)40-4)13-15-8-16(26(28,29)30)10-17(9-15)27(31,32)33/h8-12,14,19H,6-7,13H2,1-5H3/t14-,19+/m0/s1. The summed E-state index contributed by atoms with van der Waals surface area (Å²) in [5, 5.41) is 0. The van der Waals surface area contributed by atoms with Crippen LogP contribution in [0.25, 0.3) is 0 Å². The molecule has 2 amide bonds. The first kappa shape index (κ1) is 33.1. The van der Waals surface area contributed by atoms with Crippen LogP contribution < -0.4 is 14.4 Å². The third-order valence-electron chi connectivity index (χ3n) is 6.55. The summed E-state index contributed by atoms with van der Waals surface area (Å²) in [5.41, 5.74) is -3.38. The molecule has 2 atom stereocenters. The fraction of sp³-hybridized carbons (Fsp3) is 0.444. The molecule has 0 radical (unpaired) electrons. The number of carbonyl (C=O) groups excluding carboxylic acids is 3. The minimum atomic E-state index is -5.12. The van der Waals surface area contributed by atoms with Gasteiger partial charge >= 0.3 is 30.7 Å². The molecule has 1 heterocycles. The van der Waals surface area contributed by atoms with Crippen molar-refractivity contribution in [2.75, 3.05) is 32.8 Å². The maximum Gasteiger partial charge on any atom is 0.513 e. The Balaban J connectivity index is 2.24. The summed E-state index contributed by atoms with van der Waals surface area (Å²) in [6.07, 6.45) is -13.3. The smallest absolute Gasteiger partial charge is 0.493 e. The first-order valence-electron chi connectivity index (χ1n) is 12.6. The summed E-state index contributed by atoms with van der Waals surface area (Å²) in [6, 6.07) is 1.72. The van der Waals surface area contributed by atoms with Gasteiger partial charge in [-0.1, -0.05) is 0 Å². The topological polar surface area (TPSA) is 104 Å². The Bertz CT molecular complexity index is 1330. The minimum Gasteiger partial charge on any atom is -0.493 e. The first-order valence-corrected chi connectivity index (χ1v) is 12.6. The lowest BCUT2D eigenvalue weighted by molar-refractivity contribution is -0.143. The molecule has 236 valence electrons. The summed E-state index contributed by atoms with van der Waals surface area (Å²) in [5.74, 6) is -0.247. The highest BCUT2D eigenvalue weighted by molar-refractivity contribution is 5.91. The third-order valence-corrected chi connectivity index (χ3v) is 6.55. The summed E-state index contributed by atoms with van der Waals surface area (Å²) >= 11 is 0. The molecule has 3 rings (SSSR count).